The average Bonchev–Trinajstić information content (AvgIpc) is 2.31. The molecular weight excluding hydrogens is 412 g/mol. The Morgan fingerprint density at radius 3 is 1.14 bits per heavy atom. The molecule has 0 saturated carbocycles. The molecule has 0 aromatic rings. The van der Waals surface area contributed by atoms with Crippen LogP contribution in [0.5, 0.6) is 0 Å². The van der Waals surface area contributed by atoms with Gasteiger partial charge < -0.3 is 61.1 Å². The van der Waals surface area contributed by atoms with Gasteiger partial charge in [0.25, 0.3) is 0 Å². The first-order chi connectivity index (χ1) is 8.54. The highest BCUT2D eigenvalue weighted by Crippen LogP contribution is 1.97. The fraction of sp³-hybridized carbons (Fsp3) is 0.833. The maximum absolute atomic E-state index is 9.95. The van der Waals surface area contributed by atoms with Gasteiger partial charge in [-0.3, -0.25) is 9.59 Å². The molecule has 0 fully saturated rings. The molecule has 21 heavy (non-hydrogen) atoms. The maximum atomic E-state index is 9.95. The van der Waals surface area contributed by atoms with Crippen LogP contribution < -0.4 is 45.4 Å². The van der Waals surface area contributed by atoms with Crippen molar-refractivity contribution < 1.29 is 70.7 Å². The molecule has 0 aliphatic rings. The molecule has 0 aliphatic heterocycles. The van der Waals surface area contributed by atoms with E-state index in [1.807, 2.05) is 0 Å². The summed E-state index contributed by atoms with van der Waals surface area (Å²) in [5.41, 5.74) is 7.31. The smallest absolute Gasteiger partial charge is 0.303 e. The molecule has 7 nitrogen and oxygen atoms in total. The summed E-state index contributed by atoms with van der Waals surface area (Å²) in [4.78, 5) is 19.9. The summed E-state index contributed by atoms with van der Waals surface area (Å²) < 4.78 is 0. The number of rotatable bonds is 10. The lowest BCUT2D eigenvalue weighted by Crippen LogP contribution is -3.00. The highest BCUT2D eigenvalue weighted by Gasteiger charge is 1.95. The Morgan fingerprint density at radius 1 is 0.667 bits per heavy atom. The molecule has 0 bridgehead atoms. The van der Waals surface area contributed by atoms with Crippen LogP contribution in [-0.4, -0.2) is 40.7 Å². The third kappa shape index (κ3) is 45.1. The van der Waals surface area contributed by atoms with Crippen LogP contribution in [0.3, 0.4) is 0 Å². The molecule has 0 saturated heterocycles. The summed E-state index contributed by atoms with van der Waals surface area (Å²) in [6, 6.07) is 0. The number of quaternary nitrogens is 2. The molecule has 0 heterocycles. The predicted molar refractivity (Wildman–Crippen MR) is 71.3 cm³/mol. The number of hydrogen-bond acceptors (Lipinski definition) is 2. The molecule has 0 atom stereocenters. The van der Waals surface area contributed by atoms with Crippen molar-refractivity contribution in [3.05, 3.63) is 0 Å². The Morgan fingerprint density at radius 2 is 0.952 bits per heavy atom. The van der Waals surface area contributed by atoms with Crippen LogP contribution in [0.25, 0.3) is 0 Å². The molecule has 0 aliphatic carbocycles. The van der Waals surface area contributed by atoms with Gasteiger partial charge in [0.15, 0.2) is 0 Å². The Balaban J connectivity index is -0.0000000711. The summed E-state index contributed by atoms with van der Waals surface area (Å²) in [5.74, 6) is -1.39. The van der Waals surface area contributed by atoms with Crippen molar-refractivity contribution >= 4 is 11.9 Å². The van der Waals surface area contributed by atoms with Gasteiger partial charge in [0.05, 0.1) is 13.1 Å². The Kier molecular flexibility index (Phi) is 43.6. The highest BCUT2D eigenvalue weighted by molar-refractivity contribution is 5.66. The summed E-state index contributed by atoms with van der Waals surface area (Å²) in [6.45, 7) is 1.83. The van der Waals surface area contributed by atoms with E-state index < -0.39 is 11.9 Å². The molecule has 0 amide bonds. The number of unbranched alkanes of at least 4 members (excludes halogenated alkanes) is 4. The van der Waals surface area contributed by atoms with Gasteiger partial charge in [0.2, 0.25) is 0 Å². The lowest BCUT2D eigenvalue weighted by atomic mass is 10.2. The fourth-order valence-electron chi connectivity index (χ4n) is 1.26. The van der Waals surface area contributed by atoms with Gasteiger partial charge in [-0.05, 0) is 38.5 Å². The van der Waals surface area contributed by atoms with Crippen LogP contribution in [0.2, 0.25) is 0 Å². The van der Waals surface area contributed by atoms with Gasteiger partial charge in [-0.25, -0.2) is 0 Å². The predicted octanol–water partition coefficient (Wildman–Crippen LogP) is -7.07. The van der Waals surface area contributed by atoms with E-state index in [9.17, 15) is 9.59 Å². The second kappa shape index (κ2) is 28.0. The zero-order valence-corrected chi connectivity index (χ0v) is 15.6. The van der Waals surface area contributed by atoms with E-state index >= 15 is 0 Å². The minimum atomic E-state index is -0.695. The standard InChI is InChI=1S/2C6H13NO2.2BrH.H2O/c2*7-5-3-1-2-4-6(8)9;;;/h2*1-5,7H2,(H,8,9);2*1H;1H2. The van der Waals surface area contributed by atoms with Crippen molar-refractivity contribution in [1.82, 2.24) is 0 Å². The number of aliphatic carboxylic acids is 2. The van der Waals surface area contributed by atoms with Crippen LogP contribution in [0.4, 0.5) is 0 Å². The molecule has 0 rings (SSSR count). The van der Waals surface area contributed by atoms with Crippen LogP contribution in [0, 0.1) is 0 Å². The highest BCUT2D eigenvalue weighted by atomic mass is 79.9. The SMILES string of the molecule is O.[Br-].[Br-].[NH3+]CCCCCC(=O)O.[NH3+]CCCCCC(=O)O. The Hall–Kier alpha value is -0.220. The van der Waals surface area contributed by atoms with Gasteiger partial charge in [0.1, 0.15) is 0 Å². The van der Waals surface area contributed by atoms with E-state index in [0.29, 0.717) is 12.8 Å². The Bertz CT molecular complexity index is 200. The maximum Gasteiger partial charge on any atom is 0.303 e. The van der Waals surface area contributed by atoms with Crippen molar-refractivity contribution in [3.8, 4) is 0 Å². The van der Waals surface area contributed by atoms with Crippen molar-refractivity contribution in [2.75, 3.05) is 13.1 Å². The first-order valence-corrected chi connectivity index (χ1v) is 6.56. The van der Waals surface area contributed by atoms with Crippen LogP contribution in [0.1, 0.15) is 51.4 Å². The lowest BCUT2D eigenvalue weighted by molar-refractivity contribution is -0.368. The minimum Gasteiger partial charge on any atom is -1.00 e. The molecule has 132 valence electrons. The van der Waals surface area contributed by atoms with Gasteiger partial charge in [-0.1, -0.05) is 0 Å². The summed E-state index contributed by atoms with van der Waals surface area (Å²) in [5, 5.41) is 16.4. The number of hydrogen-bond donors (Lipinski definition) is 4. The summed E-state index contributed by atoms with van der Waals surface area (Å²) in [7, 11) is 0. The first-order valence-electron chi connectivity index (χ1n) is 6.56. The van der Waals surface area contributed by atoms with Crippen LogP contribution in [0.15, 0.2) is 0 Å². The zero-order valence-electron chi connectivity index (χ0n) is 12.5. The van der Waals surface area contributed by atoms with E-state index in [-0.39, 0.29) is 39.4 Å². The van der Waals surface area contributed by atoms with E-state index in [0.717, 1.165) is 51.6 Å². The topological polar surface area (TPSA) is 161 Å². The number of carboxylic acid groups (broad SMARTS) is 2. The summed E-state index contributed by atoms with van der Waals surface area (Å²) in [6.07, 6.45) is 6.29. The molecule has 0 spiro atoms. The minimum absolute atomic E-state index is 0. The molecular formula is C12H30Br2N2O5. The van der Waals surface area contributed by atoms with E-state index in [2.05, 4.69) is 11.5 Å². The third-order valence-corrected chi connectivity index (χ3v) is 2.28. The molecule has 9 heteroatoms. The molecule has 0 unspecified atom stereocenters. The quantitative estimate of drug-likeness (QED) is 0.248. The average molecular weight is 442 g/mol. The summed E-state index contributed by atoms with van der Waals surface area (Å²) >= 11 is 0. The third-order valence-electron chi connectivity index (χ3n) is 2.28. The second-order valence-corrected chi connectivity index (χ2v) is 4.12. The van der Waals surface area contributed by atoms with Crippen molar-refractivity contribution in [2.24, 2.45) is 0 Å². The largest absolute Gasteiger partial charge is 1.00 e. The lowest BCUT2D eigenvalue weighted by Gasteiger charge is -1.91. The fourth-order valence-corrected chi connectivity index (χ4v) is 1.26. The van der Waals surface area contributed by atoms with Gasteiger partial charge in [-0.2, -0.15) is 0 Å². The van der Waals surface area contributed by atoms with E-state index in [1.165, 1.54) is 0 Å². The van der Waals surface area contributed by atoms with Gasteiger partial charge in [0, 0.05) is 12.8 Å². The van der Waals surface area contributed by atoms with Gasteiger partial charge >= 0.3 is 11.9 Å². The molecule has 10 N–H and O–H groups in total. The van der Waals surface area contributed by atoms with Crippen LogP contribution >= 0.6 is 0 Å². The van der Waals surface area contributed by atoms with E-state index in [1.54, 1.807) is 0 Å². The molecule has 0 aromatic heterocycles. The van der Waals surface area contributed by atoms with Crippen molar-refractivity contribution in [3.63, 3.8) is 0 Å². The van der Waals surface area contributed by atoms with E-state index in [4.69, 9.17) is 10.2 Å². The zero-order chi connectivity index (χ0) is 14.2. The second-order valence-electron chi connectivity index (χ2n) is 4.12. The van der Waals surface area contributed by atoms with Crippen molar-refractivity contribution in [1.29, 1.82) is 0 Å². The molecule has 0 radical (unpaired) electrons. The first kappa shape index (κ1) is 32.7. The monoisotopic (exact) mass is 440 g/mol. The van der Waals surface area contributed by atoms with Crippen LogP contribution in [-0.2, 0) is 9.59 Å². The number of carbonyl (C=O) groups is 2. The van der Waals surface area contributed by atoms with Crippen molar-refractivity contribution in [2.45, 2.75) is 51.4 Å². The molecule has 0 aromatic carbocycles. The Labute approximate surface area is 147 Å². The normalized spacial score (nSPS) is 8.10. The number of carboxylic acids is 2. The van der Waals surface area contributed by atoms with Gasteiger partial charge in [-0.15, -0.1) is 0 Å². The number of halogens is 2.